The fourth-order valence-corrected chi connectivity index (χ4v) is 1.23. The Hall–Kier alpha value is -1.76. The number of esters is 1. The molecule has 0 aliphatic rings. The molecule has 0 spiro atoms. The summed E-state index contributed by atoms with van der Waals surface area (Å²) in [6.07, 6.45) is -4.57. The van der Waals surface area contributed by atoms with Crippen LogP contribution in [0.2, 0.25) is 0 Å². The van der Waals surface area contributed by atoms with Gasteiger partial charge in [-0.2, -0.15) is 13.2 Å². The minimum atomic E-state index is -4.57. The summed E-state index contributed by atoms with van der Waals surface area (Å²) in [5, 5.41) is 9.36. The molecule has 94 valence electrons. The van der Waals surface area contributed by atoms with Gasteiger partial charge in [-0.15, -0.1) is 0 Å². The van der Waals surface area contributed by atoms with E-state index in [4.69, 9.17) is 5.73 Å². The van der Waals surface area contributed by atoms with E-state index in [1.165, 1.54) is 0 Å². The van der Waals surface area contributed by atoms with E-state index in [-0.39, 0.29) is 5.56 Å². The van der Waals surface area contributed by atoms with Gasteiger partial charge >= 0.3 is 12.1 Å². The predicted octanol–water partition coefficient (Wildman–Crippen LogP) is 1.58. The Kier molecular flexibility index (Phi) is 3.62. The third-order valence-corrected chi connectivity index (χ3v) is 2.15. The number of methoxy groups -OCH3 is 1. The van der Waals surface area contributed by atoms with Crippen LogP contribution in [0.5, 0.6) is 5.75 Å². The minimum Gasteiger partial charge on any atom is -0.508 e. The number of carbonyl (C=O) groups is 1. The summed E-state index contributed by atoms with van der Waals surface area (Å²) >= 11 is 0. The molecule has 1 aromatic rings. The first-order valence-corrected chi connectivity index (χ1v) is 4.51. The maximum atomic E-state index is 12.4. The summed E-state index contributed by atoms with van der Waals surface area (Å²) < 4.78 is 41.5. The molecular formula is C10H10F3NO3. The van der Waals surface area contributed by atoms with Gasteiger partial charge in [-0.05, 0) is 18.2 Å². The number of benzene rings is 1. The number of hydrogen-bond acceptors (Lipinski definition) is 4. The van der Waals surface area contributed by atoms with Gasteiger partial charge in [0.1, 0.15) is 11.8 Å². The number of carbonyl (C=O) groups excluding carboxylic acids is 1. The zero-order valence-corrected chi connectivity index (χ0v) is 8.78. The summed E-state index contributed by atoms with van der Waals surface area (Å²) in [5.74, 6) is -1.42. The molecule has 1 rings (SSSR count). The average molecular weight is 249 g/mol. The van der Waals surface area contributed by atoms with Gasteiger partial charge < -0.3 is 15.6 Å². The molecule has 0 saturated heterocycles. The van der Waals surface area contributed by atoms with Crippen molar-refractivity contribution >= 4 is 5.97 Å². The molecule has 0 fully saturated rings. The molecule has 0 aliphatic carbocycles. The standard InChI is InChI=1S/C10H10F3NO3/c1-17-9(16)8(14)6-4-5(10(11,12)13)2-3-7(6)15/h2-4,8,15H,14H2,1H3/t8-/m1/s1. The van der Waals surface area contributed by atoms with Gasteiger partial charge in [0, 0.05) is 5.56 Å². The molecule has 4 nitrogen and oxygen atoms in total. The van der Waals surface area contributed by atoms with Crippen molar-refractivity contribution < 1.29 is 27.8 Å². The maximum absolute atomic E-state index is 12.4. The van der Waals surface area contributed by atoms with Gasteiger partial charge in [0.05, 0.1) is 12.7 Å². The normalized spacial score (nSPS) is 13.2. The molecule has 0 radical (unpaired) electrons. The van der Waals surface area contributed by atoms with Gasteiger partial charge in [0.2, 0.25) is 0 Å². The summed E-state index contributed by atoms with van der Waals surface area (Å²) in [6, 6.07) is 0.697. The molecule has 17 heavy (non-hydrogen) atoms. The molecule has 0 amide bonds. The lowest BCUT2D eigenvalue weighted by Gasteiger charge is -2.14. The second-order valence-electron chi connectivity index (χ2n) is 3.27. The van der Waals surface area contributed by atoms with E-state index in [1.807, 2.05) is 0 Å². The highest BCUT2D eigenvalue weighted by atomic mass is 19.4. The van der Waals surface area contributed by atoms with E-state index in [1.54, 1.807) is 0 Å². The van der Waals surface area contributed by atoms with Crippen LogP contribution < -0.4 is 5.73 Å². The summed E-state index contributed by atoms with van der Waals surface area (Å²) in [4.78, 5) is 11.1. The van der Waals surface area contributed by atoms with E-state index >= 15 is 0 Å². The van der Waals surface area contributed by atoms with Crippen LogP contribution in [0.1, 0.15) is 17.2 Å². The van der Waals surface area contributed by atoms with E-state index < -0.39 is 29.5 Å². The summed E-state index contributed by atoms with van der Waals surface area (Å²) in [5.41, 5.74) is 4.04. The van der Waals surface area contributed by atoms with Gasteiger partial charge in [-0.3, -0.25) is 4.79 Å². The van der Waals surface area contributed by atoms with Crippen molar-refractivity contribution in [2.75, 3.05) is 7.11 Å². The second kappa shape index (κ2) is 4.62. The molecule has 0 aliphatic heterocycles. The van der Waals surface area contributed by atoms with Crippen molar-refractivity contribution in [1.29, 1.82) is 0 Å². The van der Waals surface area contributed by atoms with E-state index in [9.17, 15) is 23.1 Å². The molecule has 1 atom stereocenters. The summed E-state index contributed by atoms with van der Waals surface area (Å²) in [7, 11) is 1.05. The third kappa shape index (κ3) is 2.88. The fourth-order valence-electron chi connectivity index (χ4n) is 1.23. The second-order valence-corrected chi connectivity index (χ2v) is 3.27. The highest BCUT2D eigenvalue weighted by Crippen LogP contribution is 2.34. The largest absolute Gasteiger partial charge is 0.508 e. The Morgan fingerprint density at radius 2 is 2.06 bits per heavy atom. The first-order valence-electron chi connectivity index (χ1n) is 4.51. The van der Waals surface area contributed by atoms with Crippen molar-refractivity contribution in [3.63, 3.8) is 0 Å². The van der Waals surface area contributed by atoms with Crippen molar-refractivity contribution in [3.05, 3.63) is 29.3 Å². The van der Waals surface area contributed by atoms with Crippen LogP contribution in [0.3, 0.4) is 0 Å². The first kappa shape index (κ1) is 13.3. The van der Waals surface area contributed by atoms with Crippen LogP contribution in [-0.4, -0.2) is 18.2 Å². The zero-order valence-electron chi connectivity index (χ0n) is 8.78. The molecule has 0 aromatic heterocycles. The van der Waals surface area contributed by atoms with Crippen molar-refractivity contribution in [2.24, 2.45) is 5.73 Å². The van der Waals surface area contributed by atoms with Gasteiger partial charge in [-0.25, -0.2) is 0 Å². The van der Waals surface area contributed by atoms with E-state index in [2.05, 4.69) is 4.74 Å². The van der Waals surface area contributed by atoms with Crippen molar-refractivity contribution in [3.8, 4) is 5.75 Å². The number of aromatic hydroxyl groups is 1. The Bertz CT molecular complexity index is 431. The number of phenols is 1. The third-order valence-electron chi connectivity index (χ3n) is 2.15. The molecule has 0 unspecified atom stereocenters. The highest BCUT2D eigenvalue weighted by Gasteiger charge is 2.32. The Balaban J connectivity index is 3.20. The number of nitrogens with two attached hydrogens (primary N) is 1. The number of alkyl halides is 3. The van der Waals surface area contributed by atoms with E-state index in [0.29, 0.717) is 12.1 Å². The maximum Gasteiger partial charge on any atom is 0.416 e. The molecule has 0 saturated carbocycles. The lowest BCUT2D eigenvalue weighted by molar-refractivity contribution is -0.143. The van der Waals surface area contributed by atoms with Crippen LogP contribution in [-0.2, 0) is 15.7 Å². The average Bonchev–Trinajstić information content (AvgIpc) is 2.26. The van der Waals surface area contributed by atoms with Crippen LogP contribution in [0.25, 0.3) is 0 Å². The van der Waals surface area contributed by atoms with E-state index in [0.717, 1.165) is 13.2 Å². The van der Waals surface area contributed by atoms with Crippen molar-refractivity contribution in [2.45, 2.75) is 12.2 Å². The quantitative estimate of drug-likeness (QED) is 0.780. The highest BCUT2D eigenvalue weighted by molar-refractivity contribution is 5.78. The number of phenolic OH excluding ortho intramolecular Hbond substituents is 1. The molecule has 7 heteroatoms. The zero-order chi connectivity index (χ0) is 13.2. The van der Waals surface area contributed by atoms with Crippen molar-refractivity contribution in [1.82, 2.24) is 0 Å². The number of halogens is 3. The lowest BCUT2D eigenvalue weighted by Crippen LogP contribution is -2.23. The SMILES string of the molecule is COC(=O)[C@H](N)c1cc(C(F)(F)F)ccc1O. The number of hydrogen-bond donors (Lipinski definition) is 2. The number of ether oxygens (including phenoxy) is 1. The fraction of sp³-hybridized carbons (Fsp3) is 0.300. The monoisotopic (exact) mass is 249 g/mol. The Morgan fingerprint density at radius 3 is 2.53 bits per heavy atom. The topological polar surface area (TPSA) is 72.5 Å². The minimum absolute atomic E-state index is 0.327. The molecule has 0 heterocycles. The molecule has 3 N–H and O–H groups in total. The Labute approximate surface area is 94.8 Å². The molecule has 0 bridgehead atoms. The Morgan fingerprint density at radius 1 is 1.47 bits per heavy atom. The van der Waals surface area contributed by atoms with Crippen LogP contribution in [0.15, 0.2) is 18.2 Å². The predicted molar refractivity (Wildman–Crippen MR) is 52.1 cm³/mol. The van der Waals surface area contributed by atoms with Gasteiger partial charge in [0.25, 0.3) is 0 Å². The van der Waals surface area contributed by atoms with Crippen LogP contribution in [0, 0.1) is 0 Å². The smallest absolute Gasteiger partial charge is 0.416 e. The van der Waals surface area contributed by atoms with Gasteiger partial charge in [-0.1, -0.05) is 0 Å². The van der Waals surface area contributed by atoms with Crippen LogP contribution >= 0.6 is 0 Å². The lowest BCUT2D eigenvalue weighted by atomic mass is 10.0. The summed E-state index contributed by atoms with van der Waals surface area (Å²) in [6.45, 7) is 0. The van der Waals surface area contributed by atoms with Crippen LogP contribution in [0.4, 0.5) is 13.2 Å². The first-order chi connectivity index (χ1) is 7.77. The molecular weight excluding hydrogens is 239 g/mol. The van der Waals surface area contributed by atoms with Gasteiger partial charge in [0.15, 0.2) is 0 Å². The number of rotatable bonds is 2. The molecule has 1 aromatic carbocycles.